The third-order valence-corrected chi connectivity index (χ3v) is 2.38. The van der Waals surface area contributed by atoms with Crippen molar-refractivity contribution in [2.24, 2.45) is 5.92 Å². The van der Waals surface area contributed by atoms with E-state index in [0.29, 0.717) is 12.0 Å². The molecule has 0 aromatic rings. The zero-order chi connectivity index (χ0) is 9.14. The van der Waals surface area contributed by atoms with Crippen LogP contribution in [0.5, 0.6) is 0 Å². The minimum atomic E-state index is -0.126. The van der Waals surface area contributed by atoms with Crippen LogP contribution < -0.4 is 5.32 Å². The van der Waals surface area contributed by atoms with E-state index in [0.717, 1.165) is 6.42 Å². The molecular weight excluding hydrogens is 154 g/mol. The van der Waals surface area contributed by atoms with E-state index in [4.69, 9.17) is 0 Å². The fraction of sp³-hybridized carbons (Fsp3) is 0.778. The number of hydrogen-bond donors (Lipinski definition) is 1. The quantitative estimate of drug-likeness (QED) is 0.637. The lowest BCUT2D eigenvalue weighted by Gasteiger charge is -2.34. The molecule has 68 valence electrons. The van der Waals surface area contributed by atoms with Crippen LogP contribution in [0.2, 0.25) is 0 Å². The summed E-state index contributed by atoms with van der Waals surface area (Å²) in [5, 5.41) is 2.84. The van der Waals surface area contributed by atoms with E-state index in [1.165, 1.54) is 13.3 Å². The van der Waals surface area contributed by atoms with Crippen LogP contribution in [0.25, 0.3) is 0 Å². The first kappa shape index (κ1) is 9.23. The molecule has 1 saturated carbocycles. The number of nitrogens with one attached hydrogen (secondary N) is 1. The molecule has 3 nitrogen and oxygen atoms in total. The van der Waals surface area contributed by atoms with Crippen molar-refractivity contribution >= 4 is 11.7 Å². The molecule has 0 aromatic heterocycles. The summed E-state index contributed by atoms with van der Waals surface area (Å²) < 4.78 is 0. The van der Waals surface area contributed by atoms with Gasteiger partial charge in [-0.1, -0.05) is 6.92 Å². The van der Waals surface area contributed by atoms with Crippen LogP contribution >= 0.6 is 0 Å². The van der Waals surface area contributed by atoms with Crippen molar-refractivity contribution in [2.45, 2.75) is 39.2 Å². The van der Waals surface area contributed by atoms with E-state index < -0.39 is 0 Å². The van der Waals surface area contributed by atoms with E-state index in [2.05, 4.69) is 12.2 Å². The maximum absolute atomic E-state index is 11.1. The Morgan fingerprint density at radius 2 is 2.08 bits per heavy atom. The summed E-state index contributed by atoms with van der Waals surface area (Å²) in [4.78, 5) is 21.6. The second kappa shape index (κ2) is 3.70. The summed E-state index contributed by atoms with van der Waals surface area (Å²) in [5.41, 5.74) is 0. The first-order valence-corrected chi connectivity index (χ1v) is 4.38. The molecule has 0 radical (unpaired) electrons. The number of hydrogen-bond acceptors (Lipinski definition) is 2. The Hall–Kier alpha value is -0.860. The number of carbonyl (C=O) groups excluding carboxylic acids is 2. The Kier molecular flexibility index (Phi) is 2.84. The third kappa shape index (κ3) is 2.32. The molecule has 0 aromatic carbocycles. The predicted molar refractivity (Wildman–Crippen MR) is 45.6 cm³/mol. The van der Waals surface area contributed by atoms with Gasteiger partial charge in [0, 0.05) is 6.04 Å². The summed E-state index contributed by atoms with van der Waals surface area (Å²) in [6.45, 7) is 3.55. The summed E-state index contributed by atoms with van der Waals surface area (Å²) in [5.74, 6) is 0.388. The van der Waals surface area contributed by atoms with Crippen LogP contribution in [0, 0.1) is 5.92 Å². The fourth-order valence-corrected chi connectivity index (χ4v) is 1.37. The molecule has 2 unspecified atom stereocenters. The SMILES string of the molecule is CC(=O)CC(=O)NC1CCC1C. The van der Waals surface area contributed by atoms with E-state index in [1.807, 2.05) is 0 Å². The zero-order valence-electron chi connectivity index (χ0n) is 7.59. The molecule has 0 heterocycles. The minimum Gasteiger partial charge on any atom is -0.353 e. The van der Waals surface area contributed by atoms with Crippen LogP contribution in [0.3, 0.4) is 0 Å². The van der Waals surface area contributed by atoms with Gasteiger partial charge in [-0.15, -0.1) is 0 Å². The van der Waals surface area contributed by atoms with Crippen LogP contribution in [-0.4, -0.2) is 17.7 Å². The molecule has 0 spiro atoms. The van der Waals surface area contributed by atoms with Crippen molar-refractivity contribution in [3.05, 3.63) is 0 Å². The van der Waals surface area contributed by atoms with Gasteiger partial charge in [-0.05, 0) is 25.7 Å². The Morgan fingerprint density at radius 1 is 1.42 bits per heavy atom. The second-order valence-electron chi connectivity index (χ2n) is 3.61. The molecule has 0 saturated heterocycles. The lowest BCUT2D eigenvalue weighted by Crippen LogP contribution is -2.45. The highest BCUT2D eigenvalue weighted by Crippen LogP contribution is 2.26. The third-order valence-electron chi connectivity index (χ3n) is 2.38. The standard InChI is InChI=1S/C9H15NO2/c1-6-3-4-8(6)10-9(12)5-7(2)11/h6,8H,3-5H2,1-2H3,(H,10,12). The minimum absolute atomic E-state index is 0.0310. The molecule has 0 aliphatic heterocycles. The van der Waals surface area contributed by atoms with Crippen LogP contribution in [0.15, 0.2) is 0 Å². The molecule has 12 heavy (non-hydrogen) atoms. The van der Waals surface area contributed by atoms with E-state index in [9.17, 15) is 9.59 Å². The monoisotopic (exact) mass is 169 g/mol. The molecule has 1 aliphatic rings. The van der Waals surface area contributed by atoms with Gasteiger partial charge in [-0.25, -0.2) is 0 Å². The molecule has 1 rings (SSSR count). The lowest BCUT2D eigenvalue weighted by molar-refractivity contribution is -0.128. The highest BCUT2D eigenvalue weighted by atomic mass is 16.2. The Labute approximate surface area is 72.5 Å². The maximum Gasteiger partial charge on any atom is 0.227 e. The van der Waals surface area contributed by atoms with Crippen molar-refractivity contribution in [2.75, 3.05) is 0 Å². The van der Waals surface area contributed by atoms with Gasteiger partial charge in [-0.2, -0.15) is 0 Å². The van der Waals surface area contributed by atoms with Gasteiger partial charge in [-0.3, -0.25) is 9.59 Å². The molecule has 1 amide bonds. The van der Waals surface area contributed by atoms with Gasteiger partial charge in [0.05, 0.1) is 6.42 Å². The molecule has 3 heteroatoms. The van der Waals surface area contributed by atoms with Gasteiger partial charge < -0.3 is 5.32 Å². The number of carbonyl (C=O) groups is 2. The van der Waals surface area contributed by atoms with Gasteiger partial charge in [0.1, 0.15) is 5.78 Å². The lowest BCUT2D eigenvalue weighted by atomic mass is 9.81. The predicted octanol–water partition coefficient (Wildman–Crippen LogP) is 0.880. The summed E-state index contributed by atoms with van der Waals surface area (Å²) >= 11 is 0. The van der Waals surface area contributed by atoms with E-state index in [-0.39, 0.29) is 18.1 Å². The van der Waals surface area contributed by atoms with Gasteiger partial charge in [0.25, 0.3) is 0 Å². The largest absolute Gasteiger partial charge is 0.353 e. The molecule has 1 fully saturated rings. The first-order valence-electron chi connectivity index (χ1n) is 4.38. The van der Waals surface area contributed by atoms with Crippen LogP contribution in [0.1, 0.15) is 33.1 Å². The maximum atomic E-state index is 11.1. The van der Waals surface area contributed by atoms with Crippen molar-refractivity contribution in [1.29, 1.82) is 0 Å². The second-order valence-corrected chi connectivity index (χ2v) is 3.61. The number of ketones is 1. The van der Waals surface area contributed by atoms with Gasteiger partial charge in [0.2, 0.25) is 5.91 Å². The van der Waals surface area contributed by atoms with E-state index in [1.54, 1.807) is 0 Å². The molecule has 2 atom stereocenters. The Bertz CT molecular complexity index is 201. The van der Waals surface area contributed by atoms with Crippen molar-refractivity contribution in [1.82, 2.24) is 5.32 Å². The van der Waals surface area contributed by atoms with Crippen LogP contribution in [0.4, 0.5) is 0 Å². The number of amides is 1. The van der Waals surface area contributed by atoms with Gasteiger partial charge in [0.15, 0.2) is 0 Å². The first-order chi connectivity index (χ1) is 5.59. The van der Waals surface area contributed by atoms with E-state index >= 15 is 0 Å². The average molecular weight is 169 g/mol. The summed E-state index contributed by atoms with van der Waals surface area (Å²) in [6, 6.07) is 0.317. The average Bonchev–Trinajstić information content (AvgIpc) is 1.96. The summed E-state index contributed by atoms with van der Waals surface area (Å²) in [7, 11) is 0. The molecular formula is C9H15NO2. The highest BCUT2D eigenvalue weighted by Gasteiger charge is 2.27. The highest BCUT2D eigenvalue weighted by molar-refractivity contribution is 5.96. The van der Waals surface area contributed by atoms with Crippen molar-refractivity contribution in [3.8, 4) is 0 Å². The topological polar surface area (TPSA) is 46.2 Å². The number of Topliss-reactive ketones (excluding diaryl/α,β-unsaturated/α-hetero) is 1. The van der Waals surface area contributed by atoms with Crippen LogP contribution in [-0.2, 0) is 9.59 Å². The fourth-order valence-electron chi connectivity index (χ4n) is 1.37. The van der Waals surface area contributed by atoms with Crippen molar-refractivity contribution < 1.29 is 9.59 Å². The Balaban J connectivity index is 2.22. The van der Waals surface area contributed by atoms with Gasteiger partial charge >= 0.3 is 0 Å². The Morgan fingerprint density at radius 3 is 2.42 bits per heavy atom. The number of rotatable bonds is 3. The molecule has 0 bridgehead atoms. The molecule has 1 aliphatic carbocycles. The smallest absolute Gasteiger partial charge is 0.227 e. The summed E-state index contributed by atoms with van der Waals surface area (Å²) in [6.07, 6.45) is 2.28. The van der Waals surface area contributed by atoms with Crippen molar-refractivity contribution in [3.63, 3.8) is 0 Å². The normalized spacial score (nSPS) is 27.5. The molecule has 1 N–H and O–H groups in total. The zero-order valence-corrected chi connectivity index (χ0v) is 7.59.